The van der Waals surface area contributed by atoms with Gasteiger partial charge in [0.05, 0.1) is 12.6 Å². The van der Waals surface area contributed by atoms with Crippen LogP contribution in [-0.2, 0) is 6.54 Å². The Balaban J connectivity index is 2.09. The minimum atomic E-state index is -0.557. The maximum atomic E-state index is 12.4. The maximum Gasteiger partial charge on any atom is 0.281 e. The third-order valence-corrected chi connectivity index (χ3v) is 3.44. The van der Waals surface area contributed by atoms with Gasteiger partial charge in [-0.25, -0.2) is 9.97 Å². The number of benzene rings is 1. The van der Waals surface area contributed by atoms with Crippen molar-refractivity contribution in [3.63, 3.8) is 0 Å². The first-order valence-electron chi connectivity index (χ1n) is 6.86. The van der Waals surface area contributed by atoms with Crippen LogP contribution in [0.15, 0.2) is 47.8 Å². The fraction of sp³-hybridized carbons (Fsp3) is 0.267. The summed E-state index contributed by atoms with van der Waals surface area (Å²) in [5.41, 5.74) is 1.50. The first kappa shape index (κ1) is 13.5. The van der Waals surface area contributed by atoms with E-state index in [1.165, 1.54) is 10.9 Å². The molecule has 0 bridgehead atoms. The van der Waals surface area contributed by atoms with Crippen LogP contribution in [-0.4, -0.2) is 30.3 Å². The van der Waals surface area contributed by atoms with Crippen LogP contribution >= 0.6 is 0 Å². The highest BCUT2D eigenvalue weighted by atomic mass is 16.3. The Morgan fingerprint density at radius 2 is 1.95 bits per heavy atom. The molecule has 3 rings (SSSR count). The van der Waals surface area contributed by atoms with Crippen molar-refractivity contribution >= 4 is 11.2 Å². The zero-order chi connectivity index (χ0) is 14.8. The number of aliphatic hydroxyl groups is 1. The van der Waals surface area contributed by atoms with E-state index >= 15 is 0 Å². The van der Waals surface area contributed by atoms with Crippen molar-refractivity contribution < 1.29 is 5.11 Å². The third kappa shape index (κ3) is 2.45. The van der Waals surface area contributed by atoms with E-state index in [2.05, 4.69) is 9.97 Å². The number of aliphatic hydroxyl groups excluding tert-OH is 1. The molecule has 6 heteroatoms. The molecule has 1 atom stereocenters. The molecule has 0 aliphatic carbocycles. The van der Waals surface area contributed by atoms with E-state index in [9.17, 15) is 9.90 Å². The van der Waals surface area contributed by atoms with E-state index in [4.69, 9.17) is 0 Å². The summed E-state index contributed by atoms with van der Waals surface area (Å²) in [6.45, 7) is 2.10. The first-order valence-corrected chi connectivity index (χ1v) is 6.86. The maximum absolute atomic E-state index is 12.4. The number of fused-ring (bicyclic) bond motifs is 1. The van der Waals surface area contributed by atoms with E-state index in [0.29, 0.717) is 17.6 Å². The van der Waals surface area contributed by atoms with Crippen LogP contribution in [0.2, 0.25) is 0 Å². The van der Waals surface area contributed by atoms with Gasteiger partial charge in [-0.2, -0.15) is 0 Å². The van der Waals surface area contributed by atoms with Gasteiger partial charge in [0.2, 0.25) is 0 Å². The summed E-state index contributed by atoms with van der Waals surface area (Å²) >= 11 is 0. The fourth-order valence-corrected chi connectivity index (χ4v) is 2.19. The molecule has 0 amide bonds. The molecular formula is C15H16N4O2. The largest absolute Gasteiger partial charge is 0.391 e. The highest BCUT2D eigenvalue weighted by Gasteiger charge is 2.12. The third-order valence-electron chi connectivity index (χ3n) is 3.44. The van der Waals surface area contributed by atoms with Crippen molar-refractivity contribution in [2.45, 2.75) is 26.0 Å². The predicted molar refractivity (Wildman–Crippen MR) is 79.4 cm³/mol. The Kier molecular flexibility index (Phi) is 3.53. The number of nitrogens with zero attached hydrogens (tertiary/aromatic N) is 4. The van der Waals surface area contributed by atoms with Crippen molar-refractivity contribution in [3.8, 4) is 5.69 Å². The second-order valence-electron chi connectivity index (χ2n) is 4.89. The summed E-state index contributed by atoms with van der Waals surface area (Å²) in [7, 11) is 0. The zero-order valence-electron chi connectivity index (χ0n) is 11.7. The van der Waals surface area contributed by atoms with Gasteiger partial charge in [0.1, 0.15) is 12.7 Å². The van der Waals surface area contributed by atoms with Crippen LogP contribution in [0.3, 0.4) is 0 Å². The molecule has 3 aromatic rings. The number of imidazole rings is 1. The summed E-state index contributed by atoms with van der Waals surface area (Å²) in [5, 5.41) is 9.68. The molecule has 2 heterocycles. The van der Waals surface area contributed by atoms with Crippen molar-refractivity contribution in [1.29, 1.82) is 0 Å². The minimum Gasteiger partial charge on any atom is -0.391 e. The summed E-state index contributed by atoms with van der Waals surface area (Å²) < 4.78 is 3.18. The van der Waals surface area contributed by atoms with E-state index in [0.717, 1.165) is 5.69 Å². The van der Waals surface area contributed by atoms with Gasteiger partial charge in [0.25, 0.3) is 5.56 Å². The van der Waals surface area contributed by atoms with Gasteiger partial charge in [-0.05, 0) is 18.6 Å². The standard InChI is InChI=1S/C15H16N4O2/c1-2-12(20)8-18-9-17-14-13(15(18)21)16-10-19(14)11-6-4-3-5-7-11/h3-7,9-10,12,20H,2,8H2,1H3/t12-/m0/s1. The van der Waals surface area contributed by atoms with Crippen LogP contribution in [0.25, 0.3) is 16.9 Å². The summed E-state index contributed by atoms with van der Waals surface area (Å²) in [4.78, 5) is 20.9. The highest BCUT2D eigenvalue weighted by molar-refractivity contribution is 5.71. The van der Waals surface area contributed by atoms with Crippen LogP contribution in [0.5, 0.6) is 0 Å². The molecule has 0 radical (unpaired) electrons. The smallest absolute Gasteiger partial charge is 0.281 e. The molecule has 1 N–H and O–H groups in total. The van der Waals surface area contributed by atoms with Gasteiger partial charge in [0.15, 0.2) is 11.2 Å². The normalized spacial score (nSPS) is 12.7. The topological polar surface area (TPSA) is 72.9 Å². The lowest BCUT2D eigenvalue weighted by atomic mass is 10.3. The zero-order valence-corrected chi connectivity index (χ0v) is 11.7. The van der Waals surface area contributed by atoms with Gasteiger partial charge in [-0.3, -0.25) is 13.9 Å². The summed E-state index contributed by atoms with van der Waals surface area (Å²) in [6.07, 6.45) is 3.08. The van der Waals surface area contributed by atoms with E-state index < -0.39 is 6.10 Å². The van der Waals surface area contributed by atoms with Gasteiger partial charge in [0, 0.05) is 5.69 Å². The average Bonchev–Trinajstić information content (AvgIpc) is 2.95. The average molecular weight is 284 g/mol. The molecule has 2 aromatic heterocycles. The highest BCUT2D eigenvalue weighted by Crippen LogP contribution is 2.13. The Labute approximate surface area is 121 Å². The molecule has 0 spiro atoms. The second-order valence-corrected chi connectivity index (χ2v) is 4.89. The van der Waals surface area contributed by atoms with Crippen molar-refractivity contribution in [1.82, 2.24) is 19.1 Å². The molecule has 0 aliphatic heterocycles. The van der Waals surface area contributed by atoms with Crippen LogP contribution < -0.4 is 5.56 Å². The Morgan fingerprint density at radius 1 is 1.19 bits per heavy atom. The lowest BCUT2D eigenvalue weighted by Gasteiger charge is -2.09. The monoisotopic (exact) mass is 284 g/mol. The van der Waals surface area contributed by atoms with E-state index in [-0.39, 0.29) is 12.1 Å². The number of aromatic nitrogens is 4. The molecule has 0 saturated heterocycles. The summed E-state index contributed by atoms with van der Waals surface area (Å²) in [5.74, 6) is 0. The molecule has 1 aromatic carbocycles. The van der Waals surface area contributed by atoms with Crippen molar-refractivity contribution in [2.75, 3.05) is 0 Å². The minimum absolute atomic E-state index is 0.233. The number of rotatable bonds is 4. The molecule has 0 aliphatic rings. The van der Waals surface area contributed by atoms with Gasteiger partial charge in [-0.15, -0.1) is 0 Å². The number of hydrogen-bond acceptors (Lipinski definition) is 4. The predicted octanol–water partition coefficient (Wildman–Crippen LogP) is 1.35. The SMILES string of the molecule is CC[C@H](O)Cn1cnc2c(ncn2-c2ccccc2)c1=O. The molecular weight excluding hydrogens is 268 g/mol. The molecule has 0 unspecified atom stereocenters. The van der Waals surface area contributed by atoms with Gasteiger partial charge in [-0.1, -0.05) is 25.1 Å². The van der Waals surface area contributed by atoms with E-state index in [1.807, 2.05) is 37.3 Å². The lowest BCUT2D eigenvalue weighted by molar-refractivity contribution is 0.148. The lowest BCUT2D eigenvalue weighted by Crippen LogP contribution is -2.26. The van der Waals surface area contributed by atoms with Gasteiger partial charge >= 0.3 is 0 Å². The molecule has 6 nitrogen and oxygen atoms in total. The molecule has 0 fully saturated rings. The van der Waals surface area contributed by atoms with Crippen molar-refractivity contribution in [3.05, 3.63) is 53.3 Å². The Bertz CT molecular complexity index is 807. The molecule has 108 valence electrons. The number of hydrogen-bond donors (Lipinski definition) is 1. The molecule has 21 heavy (non-hydrogen) atoms. The van der Waals surface area contributed by atoms with Gasteiger partial charge < -0.3 is 5.11 Å². The quantitative estimate of drug-likeness (QED) is 0.785. The van der Waals surface area contributed by atoms with Crippen LogP contribution in [0.1, 0.15) is 13.3 Å². The van der Waals surface area contributed by atoms with Crippen molar-refractivity contribution in [2.24, 2.45) is 0 Å². The first-order chi connectivity index (χ1) is 10.2. The Hall–Kier alpha value is -2.47. The van der Waals surface area contributed by atoms with E-state index in [1.54, 1.807) is 10.9 Å². The van der Waals surface area contributed by atoms with Crippen LogP contribution in [0, 0.1) is 0 Å². The Morgan fingerprint density at radius 3 is 2.67 bits per heavy atom. The van der Waals surface area contributed by atoms with Crippen LogP contribution in [0.4, 0.5) is 0 Å². The fourth-order valence-electron chi connectivity index (χ4n) is 2.19. The molecule has 0 saturated carbocycles. The second kappa shape index (κ2) is 5.49. The number of para-hydroxylation sites is 1. The summed E-state index contributed by atoms with van der Waals surface area (Å²) in [6, 6.07) is 9.61.